The van der Waals surface area contributed by atoms with Gasteiger partial charge in [0.2, 0.25) is 0 Å². The summed E-state index contributed by atoms with van der Waals surface area (Å²) in [5.74, 6) is -0.380. The molecule has 0 saturated carbocycles. The molecule has 0 heterocycles. The van der Waals surface area contributed by atoms with E-state index in [0.29, 0.717) is 28.3 Å². The van der Waals surface area contributed by atoms with Crippen molar-refractivity contribution in [3.63, 3.8) is 0 Å². The van der Waals surface area contributed by atoms with Gasteiger partial charge in [0.1, 0.15) is 39.4 Å². The zero-order valence-electron chi connectivity index (χ0n) is 16.8. The van der Waals surface area contributed by atoms with Crippen LogP contribution in [0.2, 0.25) is 0 Å². The van der Waals surface area contributed by atoms with Crippen LogP contribution < -0.4 is 5.32 Å². The largest absolute Gasteiger partial charge is 0.399 e. The van der Waals surface area contributed by atoms with E-state index < -0.39 is 0 Å². The maximum atomic E-state index is 12.1. The Bertz CT molecular complexity index is 786. The molecule has 1 amide bonds. The second kappa shape index (κ2) is 12.0. The summed E-state index contributed by atoms with van der Waals surface area (Å²) in [7, 11) is 5.73. The monoisotopic (exact) mass is 391 g/mol. The number of benzene rings is 1. The number of oxime groups is 4. The fourth-order valence-corrected chi connectivity index (χ4v) is 2.21. The Kier molecular flexibility index (Phi) is 9.73. The zero-order valence-corrected chi connectivity index (χ0v) is 16.8. The van der Waals surface area contributed by atoms with Gasteiger partial charge in [-0.3, -0.25) is 4.79 Å². The van der Waals surface area contributed by atoms with Gasteiger partial charge in [0, 0.05) is 18.2 Å². The lowest BCUT2D eigenvalue weighted by molar-refractivity contribution is -0.114. The van der Waals surface area contributed by atoms with Crippen molar-refractivity contribution >= 4 is 28.8 Å². The highest BCUT2D eigenvalue weighted by molar-refractivity contribution is 6.67. The van der Waals surface area contributed by atoms with Gasteiger partial charge in [-0.05, 0) is 13.8 Å². The molecule has 28 heavy (non-hydrogen) atoms. The average Bonchev–Trinajstić information content (AvgIpc) is 2.70. The van der Waals surface area contributed by atoms with E-state index in [1.807, 2.05) is 6.07 Å². The number of carbonyl (C=O) groups is 1. The lowest BCUT2D eigenvalue weighted by atomic mass is 10.0. The fraction of sp³-hybridized carbons (Fsp3) is 0.389. The van der Waals surface area contributed by atoms with Crippen molar-refractivity contribution in [2.75, 3.05) is 28.4 Å². The van der Waals surface area contributed by atoms with Gasteiger partial charge in [-0.25, -0.2) is 0 Å². The van der Waals surface area contributed by atoms with Crippen molar-refractivity contribution < 1.29 is 24.1 Å². The molecule has 1 aromatic rings. The second-order valence-electron chi connectivity index (χ2n) is 5.29. The van der Waals surface area contributed by atoms with Crippen molar-refractivity contribution in [1.29, 1.82) is 0 Å². The van der Waals surface area contributed by atoms with Crippen LogP contribution in [0.15, 0.2) is 44.9 Å². The molecule has 1 N–H and O–H groups in total. The molecule has 0 aromatic heterocycles. The highest BCUT2D eigenvalue weighted by Gasteiger charge is 2.17. The Balaban J connectivity index is 3.06. The van der Waals surface area contributed by atoms with E-state index in [2.05, 4.69) is 25.9 Å². The van der Waals surface area contributed by atoms with Crippen LogP contribution in [-0.4, -0.2) is 57.1 Å². The first kappa shape index (κ1) is 22.6. The molecule has 1 aromatic carbocycles. The minimum absolute atomic E-state index is 0.0912. The Morgan fingerprint density at radius 2 is 1.54 bits per heavy atom. The van der Waals surface area contributed by atoms with Crippen LogP contribution in [0.25, 0.3) is 0 Å². The van der Waals surface area contributed by atoms with Crippen molar-refractivity contribution in [2.45, 2.75) is 20.5 Å². The van der Waals surface area contributed by atoms with Gasteiger partial charge in [0.15, 0.2) is 11.4 Å². The molecule has 10 nitrogen and oxygen atoms in total. The minimum Gasteiger partial charge on any atom is -0.399 e. The van der Waals surface area contributed by atoms with Gasteiger partial charge in [-0.15, -0.1) is 0 Å². The zero-order chi connectivity index (χ0) is 20.9. The molecule has 0 aliphatic carbocycles. The van der Waals surface area contributed by atoms with E-state index in [1.54, 1.807) is 32.0 Å². The van der Waals surface area contributed by atoms with Crippen molar-refractivity contribution in [3.05, 3.63) is 35.4 Å². The first-order valence-corrected chi connectivity index (χ1v) is 8.27. The molecule has 0 bridgehead atoms. The van der Waals surface area contributed by atoms with Crippen molar-refractivity contribution in [1.82, 2.24) is 5.32 Å². The molecule has 0 fully saturated rings. The van der Waals surface area contributed by atoms with Gasteiger partial charge >= 0.3 is 0 Å². The van der Waals surface area contributed by atoms with Crippen LogP contribution >= 0.6 is 0 Å². The number of likely N-dealkylation sites (N-methyl/N-ethyl adjacent to an activating group) is 1. The molecule has 152 valence electrons. The molecule has 10 heteroatoms. The molecule has 1 rings (SSSR count). The molecular formula is C18H25N5O5. The molecular weight excluding hydrogens is 366 g/mol. The smallest absolute Gasteiger partial charge is 0.273 e. The van der Waals surface area contributed by atoms with Gasteiger partial charge in [0.25, 0.3) is 5.91 Å². The molecule has 0 spiro atoms. The number of amides is 1. The summed E-state index contributed by atoms with van der Waals surface area (Å²) in [6, 6.07) is 7.15. The summed E-state index contributed by atoms with van der Waals surface area (Å²) >= 11 is 0. The van der Waals surface area contributed by atoms with Gasteiger partial charge < -0.3 is 24.7 Å². The Hall–Kier alpha value is -3.43. The number of hydrogen-bond acceptors (Lipinski definition) is 9. The van der Waals surface area contributed by atoms with Crippen molar-refractivity contribution in [2.24, 2.45) is 20.6 Å². The standard InChI is InChI=1S/C18H25N5O5/c1-12(20-25-4)16(22-26-5)13(2)21-28-11-14-9-7-8-10-15(14)17(23-27-6)18(24)19-3/h7-10H,11H2,1-6H3,(H,19,24). The Morgan fingerprint density at radius 3 is 2.14 bits per heavy atom. The normalized spacial score (nSPS) is 13.1. The maximum absolute atomic E-state index is 12.1. The number of rotatable bonds is 10. The Morgan fingerprint density at radius 1 is 0.929 bits per heavy atom. The number of hydrogen-bond donors (Lipinski definition) is 1. The molecule has 0 atom stereocenters. The van der Waals surface area contributed by atoms with E-state index >= 15 is 0 Å². The lowest BCUT2D eigenvalue weighted by Crippen LogP contribution is -2.29. The SMILES string of the molecule is CNC(=O)C(=NOC)c1ccccc1CON=C(C)C(=NOC)C(C)=NOC. The summed E-state index contributed by atoms with van der Waals surface area (Å²) in [6.07, 6.45) is 0. The summed E-state index contributed by atoms with van der Waals surface area (Å²) < 4.78 is 0. The maximum Gasteiger partial charge on any atom is 0.273 e. The first-order valence-electron chi connectivity index (χ1n) is 8.27. The quantitative estimate of drug-likeness (QED) is 0.481. The molecule has 0 aliphatic heterocycles. The third-order valence-corrected chi connectivity index (χ3v) is 3.41. The van der Waals surface area contributed by atoms with Crippen LogP contribution in [-0.2, 0) is 30.8 Å². The molecule has 0 aliphatic rings. The number of nitrogens with one attached hydrogen (secondary N) is 1. The molecule has 0 saturated heterocycles. The van der Waals surface area contributed by atoms with E-state index in [9.17, 15) is 4.79 Å². The molecule has 0 radical (unpaired) electrons. The van der Waals surface area contributed by atoms with Crippen molar-refractivity contribution in [3.8, 4) is 0 Å². The van der Waals surface area contributed by atoms with Crippen LogP contribution in [0.4, 0.5) is 0 Å². The number of carbonyl (C=O) groups excluding carboxylic acids is 1. The van der Waals surface area contributed by atoms with E-state index in [4.69, 9.17) is 19.4 Å². The summed E-state index contributed by atoms with van der Waals surface area (Å²) in [5, 5.41) is 18.1. The summed E-state index contributed by atoms with van der Waals surface area (Å²) in [5.41, 5.74) is 2.70. The Labute approximate surface area is 163 Å². The van der Waals surface area contributed by atoms with E-state index in [0.717, 1.165) is 0 Å². The third kappa shape index (κ3) is 6.38. The predicted octanol–water partition coefficient (Wildman–Crippen LogP) is 1.70. The van der Waals surface area contributed by atoms with Gasteiger partial charge in [-0.1, -0.05) is 44.9 Å². The van der Waals surface area contributed by atoms with Crippen LogP contribution in [0.3, 0.4) is 0 Å². The second-order valence-corrected chi connectivity index (χ2v) is 5.29. The van der Waals surface area contributed by atoms with Crippen LogP contribution in [0.1, 0.15) is 25.0 Å². The van der Waals surface area contributed by atoms with Gasteiger partial charge in [-0.2, -0.15) is 0 Å². The fourth-order valence-electron chi connectivity index (χ4n) is 2.21. The molecule has 0 unspecified atom stereocenters. The highest BCUT2D eigenvalue weighted by atomic mass is 16.6. The number of nitrogens with zero attached hydrogens (tertiary/aromatic N) is 4. The summed E-state index contributed by atoms with van der Waals surface area (Å²) in [4.78, 5) is 31.9. The highest BCUT2D eigenvalue weighted by Crippen LogP contribution is 2.13. The summed E-state index contributed by atoms with van der Waals surface area (Å²) in [6.45, 7) is 3.49. The van der Waals surface area contributed by atoms with Gasteiger partial charge in [0.05, 0.1) is 0 Å². The van der Waals surface area contributed by atoms with Crippen LogP contribution in [0.5, 0.6) is 0 Å². The van der Waals surface area contributed by atoms with E-state index in [-0.39, 0.29) is 18.2 Å². The average molecular weight is 391 g/mol. The van der Waals surface area contributed by atoms with Crippen LogP contribution in [0, 0.1) is 0 Å². The minimum atomic E-state index is -0.380. The van der Waals surface area contributed by atoms with E-state index in [1.165, 1.54) is 28.4 Å². The topological polar surface area (TPSA) is 115 Å². The first-order chi connectivity index (χ1) is 13.5. The third-order valence-electron chi connectivity index (χ3n) is 3.41. The predicted molar refractivity (Wildman–Crippen MR) is 107 cm³/mol. The lowest BCUT2D eigenvalue weighted by Gasteiger charge is -2.10.